The van der Waals surface area contributed by atoms with Crippen LogP contribution in [0.1, 0.15) is 29.8 Å². The van der Waals surface area contributed by atoms with Gasteiger partial charge in [0.05, 0.1) is 12.6 Å². The van der Waals surface area contributed by atoms with Crippen LogP contribution in [0.5, 0.6) is 0 Å². The Balaban J connectivity index is 2.73. The van der Waals surface area contributed by atoms with Crippen molar-refractivity contribution in [3.8, 4) is 12.3 Å². The fourth-order valence-corrected chi connectivity index (χ4v) is 1.39. The third-order valence-electron chi connectivity index (χ3n) is 2.63. The van der Waals surface area contributed by atoms with Gasteiger partial charge in [-0.05, 0) is 30.2 Å². The van der Waals surface area contributed by atoms with Gasteiger partial charge in [0.15, 0.2) is 0 Å². The zero-order valence-electron chi connectivity index (χ0n) is 10.1. The predicted molar refractivity (Wildman–Crippen MR) is 67.6 cm³/mol. The highest BCUT2D eigenvalue weighted by Crippen LogP contribution is 2.06. The maximum absolute atomic E-state index is 11.8. The Morgan fingerprint density at radius 1 is 1.41 bits per heavy atom. The molecule has 2 N–H and O–H groups in total. The average Bonchev–Trinajstić information content (AvgIpc) is 2.35. The molecule has 0 saturated heterocycles. The molecule has 0 aliphatic heterocycles. The van der Waals surface area contributed by atoms with Crippen molar-refractivity contribution in [2.45, 2.75) is 19.9 Å². The number of amides is 1. The average molecular weight is 231 g/mol. The van der Waals surface area contributed by atoms with Crippen molar-refractivity contribution >= 4 is 5.91 Å². The number of hydrogen-bond donors (Lipinski definition) is 2. The van der Waals surface area contributed by atoms with E-state index in [2.05, 4.69) is 11.2 Å². The van der Waals surface area contributed by atoms with Gasteiger partial charge < -0.3 is 10.4 Å². The molecule has 17 heavy (non-hydrogen) atoms. The lowest BCUT2D eigenvalue weighted by Crippen LogP contribution is -2.41. The summed E-state index contributed by atoms with van der Waals surface area (Å²) >= 11 is 0. The van der Waals surface area contributed by atoms with Gasteiger partial charge in [-0.2, -0.15) is 0 Å². The van der Waals surface area contributed by atoms with Crippen LogP contribution in [0.3, 0.4) is 0 Å². The van der Waals surface area contributed by atoms with Crippen LogP contribution in [0.2, 0.25) is 0 Å². The van der Waals surface area contributed by atoms with E-state index >= 15 is 0 Å². The molecule has 90 valence electrons. The molecule has 3 nitrogen and oxygen atoms in total. The molecule has 0 bridgehead atoms. The topological polar surface area (TPSA) is 49.3 Å². The first-order valence-corrected chi connectivity index (χ1v) is 5.57. The minimum atomic E-state index is -0.227. The molecule has 0 saturated carbocycles. The van der Waals surface area contributed by atoms with Crippen LogP contribution in [-0.2, 0) is 0 Å². The minimum absolute atomic E-state index is 0.0636. The Morgan fingerprint density at radius 2 is 2.00 bits per heavy atom. The third-order valence-corrected chi connectivity index (χ3v) is 2.63. The van der Waals surface area contributed by atoms with E-state index in [-0.39, 0.29) is 24.5 Å². The zero-order chi connectivity index (χ0) is 12.8. The largest absolute Gasteiger partial charge is 0.394 e. The molecule has 0 radical (unpaired) electrons. The fraction of sp³-hybridized carbons (Fsp3) is 0.357. The van der Waals surface area contributed by atoms with E-state index in [1.807, 2.05) is 13.8 Å². The number of hydrogen-bond acceptors (Lipinski definition) is 2. The predicted octanol–water partition coefficient (Wildman–Crippen LogP) is 1.41. The lowest BCUT2D eigenvalue weighted by molar-refractivity contribution is 0.0897. The van der Waals surface area contributed by atoms with Gasteiger partial charge in [0, 0.05) is 11.1 Å². The van der Waals surface area contributed by atoms with Crippen molar-refractivity contribution in [1.29, 1.82) is 0 Å². The number of aliphatic hydroxyl groups excluding tert-OH is 1. The molecule has 0 spiro atoms. The van der Waals surface area contributed by atoms with Crippen LogP contribution in [0.15, 0.2) is 24.3 Å². The van der Waals surface area contributed by atoms with E-state index in [9.17, 15) is 4.79 Å². The Labute approximate surface area is 102 Å². The lowest BCUT2D eigenvalue weighted by Gasteiger charge is -2.19. The molecule has 1 aromatic rings. The summed E-state index contributed by atoms with van der Waals surface area (Å²) < 4.78 is 0. The van der Waals surface area contributed by atoms with Gasteiger partial charge in [0.2, 0.25) is 0 Å². The summed E-state index contributed by atoms with van der Waals surface area (Å²) in [6.07, 6.45) is 5.23. The molecule has 0 unspecified atom stereocenters. The molecular formula is C14H17NO2. The monoisotopic (exact) mass is 231 g/mol. The standard InChI is InChI=1S/C14H17NO2/c1-4-11-5-7-12(8-6-11)14(17)15-13(9-16)10(2)3/h1,5-8,10,13,16H,9H2,2-3H3,(H,15,17)/t13-/m1/s1. The van der Waals surface area contributed by atoms with E-state index in [4.69, 9.17) is 11.5 Å². The van der Waals surface area contributed by atoms with Crippen molar-refractivity contribution in [3.63, 3.8) is 0 Å². The second-order valence-corrected chi connectivity index (χ2v) is 4.23. The number of carbonyl (C=O) groups is 1. The van der Waals surface area contributed by atoms with Crippen LogP contribution < -0.4 is 5.32 Å². The first-order valence-electron chi connectivity index (χ1n) is 5.57. The van der Waals surface area contributed by atoms with Crippen LogP contribution in [0.25, 0.3) is 0 Å². The van der Waals surface area contributed by atoms with Crippen molar-refractivity contribution < 1.29 is 9.90 Å². The molecule has 0 aromatic heterocycles. The summed E-state index contributed by atoms with van der Waals surface area (Å²) in [5, 5.41) is 11.9. The number of carbonyl (C=O) groups excluding carboxylic acids is 1. The summed E-state index contributed by atoms with van der Waals surface area (Å²) in [6.45, 7) is 3.83. The van der Waals surface area contributed by atoms with Crippen LogP contribution in [0.4, 0.5) is 0 Å². The molecule has 1 rings (SSSR count). The summed E-state index contributed by atoms with van der Waals surface area (Å²) in [5.74, 6) is 2.49. The van der Waals surface area contributed by atoms with Crippen molar-refractivity contribution in [3.05, 3.63) is 35.4 Å². The van der Waals surface area contributed by atoms with Gasteiger partial charge in [0.1, 0.15) is 0 Å². The smallest absolute Gasteiger partial charge is 0.251 e. The van der Waals surface area contributed by atoms with Gasteiger partial charge in [-0.25, -0.2) is 0 Å². The molecule has 3 heteroatoms. The summed E-state index contributed by atoms with van der Waals surface area (Å²) in [7, 11) is 0. The van der Waals surface area contributed by atoms with Crippen molar-refractivity contribution in [2.75, 3.05) is 6.61 Å². The van der Waals surface area contributed by atoms with E-state index in [0.717, 1.165) is 5.56 Å². The van der Waals surface area contributed by atoms with E-state index in [0.29, 0.717) is 5.56 Å². The molecule has 0 aliphatic carbocycles. The Bertz CT molecular complexity index is 415. The summed E-state index contributed by atoms with van der Waals surface area (Å²) in [6, 6.07) is 6.57. The number of nitrogens with one attached hydrogen (secondary N) is 1. The minimum Gasteiger partial charge on any atom is -0.394 e. The van der Waals surface area contributed by atoms with Crippen LogP contribution in [0, 0.1) is 18.3 Å². The molecule has 1 aromatic carbocycles. The van der Waals surface area contributed by atoms with E-state index in [1.54, 1.807) is 24.3 Å². The lowest BCUT2D eigenvalue weighted by atomic mass is 10.0. The number of aliphatic hydroxyl groups is 1. The zero-order valence-corrected chi connectivity index (χ0v) is 10.1. The van der Waals surface area contributed by atoms with E-state index in [1.165, 1.54) is 0 Å². The quantitative estimate of drug-likeness (QED) is 0.770. The first kappa shape index (κ1) is 13.3. The van der Waals surface area contributed by atoms with Gasteiger partial charge >= 0.3 is 0 Å². The van der Waals surface area contributed by atoms with Gasteiger partial charge in [-0.3, -0.25) is 4.79 Å². The third kappa shape index (κ3) is 3.61. The van der Waals surface area contributed by atoms with Crippen LogP contribution in [-0.4, -0.2) is 23.7 Å². The molecule has 1 amide bonds. The van der Waals surface area contributed by atoms with Crippen molar-refractivity contribution in [2.24, 2.45) is 5.92 Å². The maximum Gasteiger partial charge on any atom is 0.251 e. The maximum atomic E-state index is 11.8. The SMILES string of the molecule is C#Cc1ccc(C(=O)N[C@H](CO)C(C)C)cc1. The van der Waals surface area contributed by atoms with Gasteiger partial charge in [0.25, 0.3) is 5.91 Å². The molecular weight excluding hydrogens is 214 g/mol. The van der Waals surface area contributed by atoms with Gasteiger partial charge in [-0.1, -0.05) is 19.8 Å². The molecule has 0 fully saturated rings. The second kappa shape index (κ2) is 6.07. The normalized spacial score (nSPS) is 11.9. The first-order chi connectivity index (χ1) is 8.08. The Kier molecular flexibility index (Phi) is 4.74. The number of benzene rings is 1. The van der Waals surface area contributed by atoms with E-state index < -0.39 is 0 Å². The highest BCUT2D eigenvalue weighted by molar-refractivity contribution is 5.94. The molecule has 0 aliphatic rings. The number of terminal acetylenes is 1. The fourth-order valence-electron chi connectivity index (χ4n) is 1.39. The molecule has 1 atom stereocenters. The highest BCUT2D eigenvalue weighted by Gasteiger charge is 2.15. The van der Waals surface area contributed by atoms with Gasteiger partial charge in [-0.15, -0.1) is 6.42 Å². The van der Waals surface area contributed by atoms with Crippen molar-refractivity contribution in [1.82, 2.24) is 5.32 Å². The second-order valence-electron chi connectivity index (χ2n) is 4.23. The summed E-state index contributed by atoms with van der Waals surface area (Å²) in [5.41, 5.74) is 1.28. The van der Waals surface area contributed by atoms with Crippen LogP contribution >= 0.6 is 0 Å². The molecule has 0 heterocycles. The Hall–Kier alpha value is -1.79. The summed E-state index contributed by atoms with van der Waals surface area (Å²) in [4.78, 5) is 11.8. The Morgan fingerprint density at radius 3 is 2.41 bits per heavy atom. The number of rotatable bonds is 4. The highest BCUT2D eigenvalue weighted by atomic mass is 16.3.